The van der Waals surface area contributed by atoms with Gasteiger partial charge in [-0.2, -0.15) is 13.2 Å². The average Bonchev–Trinajstić information content (AvgIpc) is 2.19. The van der Waals surface area contributed by atoms with Crippen molar-refractivity contribution in [3.05, 3.63) is 30.1 Å². The maximum absolute atomic E-state index is 13.2. The van der Waals surface area contributed by atoms with E-state index in [1.807, 2.05) is 0 Å². The largest absolute Gasteiger partial charge is 0.400 e. The van der Waals surface area contributed by atoms with Gasteiger partial charge >= 0.3 is 6.18 Å². The van der Waals surface area contributed by atoms with E-state index in [9.17, 15) is 17.6 Å². The van der Waals surface area contributed by atoms with Gasteiger partial charge in [0.2, 0.25) is 0 Å². The van der Waals surface area contributed by atoms with Gasteiger partial charge in [0.1, 0.15) is 11.1 Å². The van der Waals surface area contributed by atoms with Gasteiger partial charge in [0.15, 0.2) is 0 Å². The van der Waals surface area contributed by atoms with Crippen molar-refractivity contribution in [3.63, 3.8) is 0 Å². The van der Waals surface area contributed by atoms with Crippen LogP contribution < -0.4 is 5.73 Å². The Morgan fingerprint density at radius 2 is 1.88 bits per heavy atom. The standard InChI is InChI=1S/C10H11F4NS/c11-7-3-1-2-4-8(7)16-9(5-6-15)10(12,13)14/h1-4,9H,5-6,15H2. The summed E-state index contributed by atoms with van der Waals surface area (Å²) in [5.41, 5.74) is 5.11. The first-order chi connectivity index (χ1) is 7.45. The average molecular weight is 253 g/mol. The minimum absolute atomic E-state index is 0.00160. The third-order valence-corrected chi connectivity index (χ3v) is 3.27. The van der Waals surface area contributed by atoms with Crippen LogP contribution in [-0.2, 0) is 0 Å². The van der Waals surface area contributed by atoms with Gasteiger partial charge in [0.25, 0.3) is 0 Å². The molecule has 0 radical (unpaired) electrons. The first-order valence-electron chi connectivity index (χ1n) is 4.63. The summed E-state index contributed by atoms with van der Waals surface area (Å²) in [6, 6.07) is 5.40. The van der Waals surface area contributed by atoms with Crippen molar-refractivity contribution in [2.45, 2.75) is 22.7 Å². The van der Waals surface area contributed by atoms with Gasteiger partial charge in [0, 0.05) is 4.90 Å². The lowest BCUT2D eigenvalue weighted by Crippen LogP contribution is -2.28. The van der Waals surface area contributed by atoms with Crippen LogP contribution in [0.4, 0.5) is 17.6 Å². The summed E-state index contributed by atoms with van der Waals surface area (Å²) in [4.78, 5) is -0.00160. The number of hydrogen-bond donors (Lipinski definition) is 1. The number of hydrogen-bond acceptors (Lipinski definition) is 2. The Morgan fingerprint density at radius 3 is 2.38 bits per heavy atom. The van der Waals surface area contributed by atoms with E-state index >= 15 is 0 Å². The summed E-state index contributed by atoms with van der Waals surface area (Å²) >= 11 is 0.467. The molecule has 0 amide bonds. The molecule has 1 atom stereocenters. The number of halogens is 4. The zero-order valence-electron chi connectivity index (χ0n) is 8.30. The van der Waals surface area contributed by atoms with Gasteiger partial charge < -0.3 is 5.73 Å². The molecule has 1 aromatic carbocycles. The molecular formula is C10H11F4NS. The summed E-state index contributed by atoms with van der Waals surface area (Å²) in [6.45, 7) is -0.0777. The van der Waals surface area contributed by atoms with Crippen LogP contribution in [0.5, 0.6) is 0 Å². The highest BCUT2D eigenvalue weighted by atomic mass is 32.2. The Labute approximate surface area is 95.0 Å². The van der Waals surface area contributed by atoms with Gasteiger partial charge in [-0.1, -0.05) is 12.1 Å². The van der Waals surface area contributed by atoms with Crippen LogP contribution in [0.2, 0.25) is 0 Å². The predicted molar refractivity (Wildman–Crippen MR) is 55.8 cm³/mol. The SMILES string of the molecule is NCCC(Sc1ccccc1F)C(F)(F)F. The maximum atomic E-state index is 13.2. The van der Waals surface area contributed by atoms with E-state index in [4.69, 9.17) is 5.73 Å². The fourth-order valence-electron chi connectivity index (χ4n) is 1.13. The van der Waals surface area contributed by atoms with Crippen molar-refractivity contribution in [1.82, 2.24) is 0 Å². The predicted octanol–water partition coefficient (Wildman–Crippen LogP) is 3.20. The number of nitrogens with two attached hydrogens (primary N) is 1. The van der Waals surface area contributed by atoms with Crippen molar-refractivity contribution in [2.24, 2.45) is 5.73 Å². The van der Waals surface area contributed by atoms with Crippen LogP contribution in [0, 0.1) is 5.82 Å². The highest BCUT2D eigenvalue weighted by Gasteiger charge is 2.39. The molecule has 0 saturated heterocycles. The third kappa shape index (κ3) is 3.68. The monoisotopic (exact) mass is 253 g/mol. The molecule has 0 aromatic heterocycles. The Bertz CT molecular complexity index is 340. The molecule has 1 unspecified atom stereocenters. The summed E-state index contributed by atoms with van der Waals surface area (Å²) in [5, 5.41) is -1.66. The van der Waals surface area contributed by atoms with Gasteiger partial charge in [-0.05, 0) is 25.1 Å². The van der Waals surface area contributed by atoms with E-state index < -0.39 is 17.2 Å². The first-order valence-corrected chi connectivity index (χ1v) is 5.51. The van der Waals surface area contributed by atoms with E-state index in [1.165, 1.54) is 18.2 Å². The van der Waals surface area contributed by atoms with Crippen LogP contribution in [0.15, 0.2) is 29.2 Å². The zero-order valence-corrected chi connectivity index (χ0v) is 9.11. The van der Waals surface area contributed by atoms with Crippen molar-refractivity contribution < 1.29 is 17.6 Å². The van der Waals surface area contributed by atoms with E-state index in [0.717, 1.165) is 6.07 Å². The summed E-state index contributed by atoms with van der Waals surface area (Å²) in [6.07, 6.45) is -4.59. The molecule has 1 aromatic rings. The normalized spacial score (nSPS) is 13.8. The van der Waals surface area contributed by atoms with Crippen molar-refractivity contribution >= 4 is 11.8 Å². The topological polar surface area (TPSA) is 26.0 Å². The molecule has 0 fully saturated rings. The smallest absolute Gasteiger partial charge is 0.330 e. The van der Waals surface area contributed by atoms with Crippen LogP contribution >= 0.6 is 11.8 Å². The number of rotatable bonds is 4. The highest BCUT2D eigenvalue weighted by molar-refractivity contribution is 8.00. The Kier molecular flexibility index (Phi) is 4.61. The fourth-order valence-corrected chi connectivity index (χ4v) is 2.17. The Hall–Kier alpha value is -0.750. The highest BCUT2D eigenvalue weighted by Crippen LogP contribution is 2.37. The quantitative estimate of drug-likeness (QED) is 0.658. The summed E-state index contributed by atoms with van der Waals surface area (Å²) < 4.78 is 50.7. The Balaban J connectivity index is 2.80. The zero-order chi connectivity index (χ0) is 12.2. The maximum Gasteiger partial charge on any atom is 0.400 e. The molecule has 0 saturated carbocycles. The van der Waals surface area contributed by atoms with Gasteiger partial charge in [-0.25, -0.2) is 4.39 Å². The number of alkyl halides is 3. The van der Waals surface area contributed by atoms with Crippen LogP contribution in [0.25, 0.3) is 0 Å². The molecule has 0 bridgehead atoms. The van der Waals surface area contributed by atoms with E-state index in [0.29, 0.717) is 11.8 Å². The lowest BCUT2D eigenvalue weighted by Gasteiger charge is -2.19. The van der Waals surface area contributed by atoms with Crippen molar-refractivity contribution in [1.29, 1.82) is 0 Å². The third-order valence-electron chi connectivity index (χ3n) is 1.90. The van der Waals surface area contributed by atoms with E-state index in [2.05, 4.69) is 0 Å². The van der Waals surface area contributed by atoms with E-state index in [-0.39, 0.29) is 17.9 Å². The molecule has 0 aliphatic carbocycles. The number of benzene rings is 1. The molecule has 1 rings (SSSR count). The lowest BCUT2D eigenvalue weighted by atomic mass is 10.3. The lowest BCUT2D eigenvalue weighted by molar-refractivity contribution is -0.129. The molecule has 16 heavy (non-hydrogen) atoms. The van der Waals surface area contributed by atoms with Crippen LogP contribution in [0.1, 0.15) is 6.42 Å². The first kappa shape index (κ1) is 13.3. The molecule has 1 nitrogen and oxygen atoms in total. The number of thioether (sulfide) groups is 1. The molecule has 0 aliphatic rings. The Morgan fingerprint density at radius 1 is 1.25 bits per heavy atom. The molecule has 0 aliphatic heterocycles. The van der Waals surface area contributed by atoms with Gasteiger partial charge in [-0.3, -0.25) is 0 Å². The molecule has 0 heterocycles. The molecule has 0 spiro atoms. The van der Waals surface area contributed by atoms with Gasteiger partial charge in [-0.15, -0.1) is 11.8 Å². The second kappa shape index (κ2) is 5.54. The van der Waals surface area contributed by atoms with Crippen molar-refractivity contribution in [2.75, 3.05) is 6.54 Å². The second-order valence-electron chi connectivity index (χ2n) is 3.16. The summed E-state index contributed by atoms with van der Waals surface area (Å²) in [7, 11) is 0. The fraction of sp³-hybridized carbons (Fsp3) is 0.400. The molecule has 2 N–H and O–H groups in total. The van der Waals surface area contributed by atoms with E-state index in [1.54, 1.807) is 0 Å². The minimum Gasteiger partial charge on any atom is -0.330 e. The summed E-state index contributed by atoms with van der Waals surface area (Å²) in [5.74, 6) is -0.640. The molecule has 6 heteroatoms. The van der Waals surface area contributed by atoms with Crippen LogP contribution in [-0.4, -0.2) is 18.0 Å². The van der Waals surface area contributed by atoms with Crippen molar-refractivity contribution in [3.8, 4) is 0 Å². The molecule has 90 valence electrons. The minimum atomic E-state index is -4.37. The van der Waals surface area contributed by atoms with Gasteiger partial charge in [0.05, 0.1) is 0 Å². The van der Waals surface area contributed by atoms with Crippen LogP contribution in [0.3, 0.4) is 0 Å². The second-order valence-corrected chi connectivity index (χ2v) is 4.40. The molecular weight excluding hydrogens is 242 g/mol.